The second-order valence-corrected chi connectivity index (χ2v) is 5.26. The topological polar surface area (TPSA) is 42.0 Å². The number of carbonyl (C=O) groups is 1. The van der Waals surface area contributed by atoms with Crippen molar-refractivity contribution in [3.05, 3.63) is 70.8 Å². The fourth-order valence-corrected chi connectivity index (χ4v) is 2.37. The van der Waals surface area contributed by atoms with Crippen molar-refractivity contribution in [1.29, 1.82) is 0 Å². The Morgan fingerprint density at radius 1 is 1.05 bits per heavy atom. The summed E-state index contributed by atoms with van der Waals surface area (Å²) in [5.41, 5.74) is 2.23. The summed E-state index contributed by atoms with van der Waals surface area (Å²) in [6.45, 7) is 0. The molecule has 1 heterocycles. The summed E-state index contributed by atoms with van der Waals surface area (Å²) in [5, 5.41) is 3.84. The second-order valence-electron chi connectivity index (χ2n) is 4.34. The highest BCUT2D eigenvalue weighted by Crippen LogP contribution is 2.25. The molecule has 0 aliphatic carbocycles. The van der Waals surface area contributed by atoms with Crippen LogP contribution in [0.4, 0.5) is 5.69 Å². The van der Waals surface area contributed by atoms with Crippen LogP contribution in [0.2, 0.25) is 0 Å². The van der Waals surface area contributed by atoms with E-state index in [0.717, 1.165) is 21.1 Å². The number of nitrogens with zero attached hydrogens (tertiary/aromatic N) is 1. The standard InChI is InChI=1S/C16H11BrN2O/c17-12-6-7-14-13(10-12)15(8-9-18-14)19-16(20)11-4-2-1-3-5-11/h1-10H,(H,18,19,20). The molecule has 0 radical (unpaired) electrons. The average molecular weight is 327 g/mol. The fourth-order valence-electron chi connectivity index (χ4n) is 2.01. The minimum absolute atomic E-state index is 0.127. The molecule has 2 aromatic carbocycles. The first-order valence-corrected chi connectivity index (χ1v) is 6.94. The van der Waals surface area contributed by atoms with Crippen molar-refractivity contribution in [3.8, 4) is 0 Å². The molecule has 1 aromatic heterocycles. The normalized spacial score (nSPS) is 10.4. The molecule has 0 saturated carbocycles. The first-order valence-electron chi connectivity index (χ1n) is 6.15. The molecule has 3 rings (SSSR count). The van der Waals surface area contributed by atoms with E-state index in [1.807, 2.05) is 36.4 Å². The first kappa shape index (κ1) is 12.8. The Labute approximate surface area is 124 Å². The van der Waals surface area contributed by atoms with Crippen LogP contribution in [0, 0.1) is 0 Å². The monoisotopic (exact) mass is 326 g/mol. The van der Waals surface area contributed by atoms with Gasteiger partial charge < -0.3 is 5.32 Å². The highest BCUT2D eigenvalue weighted by atomic mass is 79.9. The van der Waals surface area contributed by atoms with Crippen LogP contribution in [0.15, 0.2) is 65.3 Å². The van der Waals surface area contributed by atoms with Gasteiger partial charge in [-0.25, -0.2) is 0 Å². The van der Waals surface area contributed by atoms with E-state index in [-0.39, 0.29) is 5.91 Å². The van der Waals surface area contributed by atoms with E-state index in [9.17, 15) is 4.79 Å². The van der Waals surface area contributed by atoms with Crippen LogP contribution in [-0.4, -0.2) is 10.9 Å². The average Bonchev–Trinajstić information content (AvgIpc) is 2.49. The number of rotatable bonds is 2. The quantitative estimate of drug-likeness (QED) is 0.764. The van der Waals surface area contributed by atoms with Gasteiger partial charge in [0.15, 0.2) is 0 Å². The zero-order valence-corrected chi connectivity index (χ0v) is 12.1. The molecule has 0 fully saturated rings. The zero-order valence-electron chi connectivity index (χ0n) is 10.5. The molecule has 0 unspecified atom stereocenters. The Morgan fingerprint density at radius 3 is 2.65 bits per heavy atom. The van der Waals surface area contributed by atoms with Gasteiger partial charge in [-0.2, -0.15) is 0 Å². The van der Waals surface area contributed by atoms with Crippen LogP contribution < -0.4 is 5.32 Å². The molecule has 0 bridgehead atoms. The third kappa shape index (κ3) is 2.56. The number of aromatic nitrogens is 1. The van der Waals surface area contributed by atoms with E-state index in [0.29, 0.717) is 5.56 Å². The Morgan fingerprint density at radius 2 is 1.85 bits per heavy atom. The SMILES string of the molecule is O=C(Nc1ccnc2ccc(Br)cc12)c1ccccc1. The van der Waals surface area contributed by atoms with Crippen LogP contribution in [0.5, 0.6) is 0 Å². The number of hydrogen-bond donors (Lipinski definition) is 1. The molecule has 0 aliphatic heterocycles. The number of amides is 1. The number of fused-ring (bicyclic) bond motifs is 1. The lowest BCUT2D eigenvalue weighted by Crippen LogP contribution is -2.12. The summed E-state index contributed by atoms with van der Waals surface area (Å²) in [5.74, 6) is -0.127. The smallest absolute Gasteiger partial charge is 0.255 e. The summed E-state index contributed by atoms with van der Waals surface area (Å²) >= 11 is 3.44. The van der Waals surface area contributed by atoms with Gasteiger partial charge in [0, 0.05) is 21.6 Å². The van der Waals surface area contributed by atoms with Crippen LogP contribution in [-0.2, 0) is 0 Å². The molecule has 1 N–H and O–H groups in total. The number of anilines is 1. The summed E-state index contributed by atoms with van der Waals surface area (Å²) in [6, 6.07) is 16.7. The van der Waals surface area contributed by atoms with Gasteiger partial charge in [0.25, 0.3) is 5.91 Å². The highest BCUT2D eigenvalue weighted by Gasteiger charge is 2.08. The number of halogens is 1. The number of benzene rings is 2. The maximum atomic E-state index is 12.2. The zero-order chi connectivity index (χ0) is 13.9. The molecule has 0 spiro atoms. The van der Waals surface area contributed by atoms with Gasteiger partial charge in [0.05, 0.1) is 11.2 Å². The molecular weight excluding hydrogens is 316 g/mol. The predicted molar refractivity (Wildman–Crippen MR) is 83.8 cm³/mol. The molecule has 3 aromatic rings. The van der Waals surface area contributed by atoms with E-state index < -0.39 is 0 Å². The molecule has 4 heteroatoms. The minimum atomic E-state index is -0.127. The van der Waals surface area contributed by atoms with Gasteiger partial charge >= 0.3 is 0 Å². The van der Waals surface area contributed by atoms with Gasteiger partial charge in [-0.3, -0.25) is 9.78 Å². The van der Waals surface area contributed by atoms with Gasteiger partial charge in [-0.1, -0.05) is 34.1 Å². The molecule has 0 aliphatic rings. The Balaban J connectivity index is 1.99. The van der Waals surface area contributed by atoms with E-state index in [4.69, 9.17) is 0 Å². The van der Waals surface area contributed by atoms with Gasteiger partial charge in [-0.05, 0) is 36.4 Å². The van der Waals surface area contributed by atoms with Crippen molar-refractivity contribution in [3.63, 3.8) is 0 Å². The molecule has 3 nitrogen and oxygen atoms in total. The van der Waals surface area contributed by atoms with Gasteiger partial charge in [0.1, 0.15) is 0 Å². The predicted octanol–water partition coefficient (Wildman–Crippen LogP) is 4.25. The van der Waals surface area contributed by atoms with Crippen LogP contribution >= 0.6 is 15.9 Å². The van der Waals surface area contributed by atoms with E-state index in [2.05, 4.69) is 26.2 Å². The number of pyridine rings is 1. The Bertz CT molecular complexity index is 772. The van der Waals surface area contributed by atoms with E-state index in [1.165, 1.54) is 0 Å². The summed E-state index contributed by atoms with van der Waals surface area (Å²) in [4.78, 5) is 16.5. The molecule has 0 atom stereocenters. The lowest BCUT2D eigenvalue weighted by atomic mass is 10.1. The minimum Gasteiger partial charge on any atom is -0.321 e. The second kappa shape index (κ2) is 5.43. The van der Waals surface area contributed by atoms with Gasteiger partial charge in [-0.15, -0.1) is 0 Å². The Kier molecular flexibility index (Phi) is 3.48. The van der Waals surface area contributed by atoms with Crippen LogP contribution in [0.1, 0.15) is 10.4 Å². The van der Waals surface area contributed by atoms with Crippen molar-refractivity contribution < 1.29 is 4.79 Å². The van der Waals surface area contributed by atoms with Crippen molar-refractivity contribution in [1.82, 2.24) is 4.98 Å². The summed E-state index contributed by atoms with van der Waals surface area (Å²) in [6.07, 6.45) is 1.69. The van der Waals surface area contributed by atoms with Crippen molar-refractivity contribution in [2.75, 3.05) is 5.32 Å². The Hall–Kier alpha value is -2.20. The molecular formula is C16H11BrN2O. The van der Waals surface area contributed by atoms with Crippen molar-refractivity contribution in [2.45, 2.75) is 0 Å². The number of nitrogens with one attached hydrogen (secondary N) is 1. The van der Waals surface area contributed by atoms with Gasteiger partial charge in [0.2, 0.25) is 0 Å². The lowest BCUT2D eigenvalue weighted by molar-refractivity contribution is 0.102. The van der Waals surface area contributed by atoms with E-state index in [1.54, 1.807) is 24.4 Å². The highest BCUT2D eigenvalue weighted by molar-refractivity contribution is 9.10. The summed E-state index contributed by atoms with van der Waals surface area (Å²) < 4.78 is 0.952. The third-order valence-corrected chi connectivity index (χ3v) is 3.48. The third-order valence-electron chi connectivity index (χ3n) is 2.99. The molecule has 98 valence electrons. The van der Waals surface area contributed by atoms with Crippen molar-refractivity contribution >= 4 is 38.4 Å². The largest absolute Gasteiger partial charge is 0.321 e. The molecule has 20 heavy (non-hydrogen) atoms. The van der Waals surface area contributed by atoms with Crippen molar-refractivity contribution in [2.24, 2.45) is 0 Å². The lowest BCUT2D eigenvalue weighted by Gasteiger charge is -2.08. The fraction of sp³-hybridized carbons (Fsp3) is 0. The first-order chi connectivity index (χ1) is 9.74. The molecule has 0 saturated heterocycles. The maximum absolute atomic E-state index is 12.2. The van der Waals surface area contributed by atoms with E-state index >= 15 is 0 Å². The summed E-state index contributed by atoms with van der Waals surface area (Å²) in [7, 11) is 0. The number of carbonyl (C=O) groups excluding carboxylic acids is 1. The van der Waals surface area contributed by atoms with Crippen LogP contribution in [0.25, 0.3) is 10.9 Å². The van der Waals surface area contributed by atoms with Crippen LogP contribution in [0.3, 0.4) is 0 Å². The molecule has 1 amide bonds. The number of hydrogen-bond acceptors (Lipinski definition) is 2. The maximum Gasteiger partial charge on any atom is 0.255 e.